The normalized spacial score (nSPS) is 16.3. The fourth-order valence-corrected chi connectivity index (χ4v) is 4.68. The van der Waals surface area contributed by atoms with Crippen LogP contribution in [0.1, 0.15) is 50.3 Å². The van der Waals surface area contributed by atoms with Gasteiger partial charge in [0.15, 0.2) is 0 Å². The van der Waals surface area contributed by atoms with Crippen LogP contribution in [-0.2, 0) is 11.3 Å². The van der Waals surface area contributed by atoms with E-state index in [1.807, 2.05) is 6.92 Å². The summed E-state index contributed by atoms with van der Waals surface area (Å²) in [5.41, 5.74) is 2.62. The maximum Gasteiger partial charge on any atom is 0.263 e. The quantitative estimate of drug-likeness (QED) is 0.430. The van der Waals surface area contributed by atoms with E-state index in [-0.39, 0.29) is 11.8 Å². The molecule has 3 heterocycles. The van der Waals surface area contributed by atoms with Crippen LogP contribution in [0, 0.1) is 12.8 Å². The fraction of sp³-hybridized carbons (Fsp3) is 0.538. The van der Waals surface area contributed by atoms with Gasteiger partial charge in [-0.25, -0.2) is 4.98 Å². The first kappa shape index (κ1) is 24.1. The van der Waals surface area contributed by atoms with Gasteiger partial charge in [0.05, 0.1) is 11.6 Å². The number of aromatic nitrogens is 3. The first-order chi connectivity index (χ1) is 16.7. The number of hydrogen-bond acceptors (Lipinski definition) is 7. The number of nitrogens with one attached hydrogen (secondary N) is 1. The van der Waals surface area contributed by atoms with Crippen LogP contribution in [0.15, 0.2) is 41.2 Å². The number of piperidine rings is 1. The van der Waals surface area contributed by atoms with E-state index in [2.05, 4.69) is 67.5 Å². The van der Waals surface area contributed by atoms with Crippen molar-refractivity contribution in [3.8, 4) is 0 Å². The van der Waals surface area contributed by atoms with Crippen molar-refractivity contribution in [2.75, 3.05) is 37.6 Å². The van der Waals surface area contributed by atoms with Crippen LogP contribution in [0.25, 0.3) is 11.1 Å². The van der Waals surface area contributed by atoms with E-state index in [9.17, 15) is 4.79 Å². The van der Waals surface area contributed by atoms with Gasteiger partial charge in [0, 0.05) is 32.7 Å². The van der Waals surface area contributed by atoms with Gasteiger partial charge in [-0.1, -0.05) is 48.8 Å². The second-order valence-corrected chi connectivity index (χ2v) is 9.19. The van der Waals surface area contributed by atoms with E-state index in [1.54, 1.807) is 0 Å². The lowest BCUT2D eigenvalue weighted by atomic mass is 9.97. The number of aryl methyl sites for hydroxylation is 1. The number of carbonyl (C=O) groups excluding carboxylic acids is 1. The van der Waals surface area contributed by atoms with E-state index in [0.717, 1.165) is 62.3 Å². The number of nitrogens with zero attached hydrogens (tertiary/aromatic N) is 5. The molecule has 1 atom stereocenters. The zero-order chi connectivity index (χ0) is 23.8. The van der Waals surface area contributed by atoms with Crippen LogP contribution in [0.3, 0.4) is 0 Å². The van der Waals surface area contributed by atoms with Crippen molar-refractivity contribution in [3.05, 3.63) is 47.9 Å². The highest BCUT2D eigenvalue weighted by molar-refractivity contribution is 5.88. The third-order valence-electron chi connectivity index (χ3n) is 6.54. The number of rotatable bonds is 11. The standard InChI is InChI=1S/C26H36N6O2/c1-3-4-14-31(17-21-10-6-5-7-11-21)15-9-13-27-25(33)22-12-8-16-32(18-22)24-23-20(2)30-34-26(23)29-19-28-24/h5-7,10-11,19,22H,3-4,8-9,12-18H2,1-2H3,(H,27,33)/t22-/m0/s1. The number of unbranched alkanes of at least 4 members (excludes halogenated alkanes) is 1. The molecule has 1 aromatic carbocycles. The fourth-order valence-electron chi connectivity index (χ4n) is 4.68. The van der Waals surface area contributed by atoms with Gasteiger partial charge in [-0.3, -0.25) is 9.69 Å². The largest absolute Gasteiger partial charge is 0.356 e. The van der Waals surface area contributed by atoms with Gasteiger partial charge in [-0.15, -0.1) is 0 Å². The minimum absolute atomic E-state index is 0.0422. The molecule has 8 nitrogen and oxygen atoms in total. The molecule has 0 bridgehead atoms. The van der Waals surface area contributed by atoms with Crippen molar-refractivity contribution in [1.82, 2.24) is 25.3 Å². The SMILES string of the molecule is CCCCN(CCCNC(=O)[C@H]1CCCN(c2ncnc3onc(C)c23)C1)Cc1ccccc1. The van der Waals surface area contributed by atoms with Crippen molar-refractivity contribution < 1.29 is 9.32 Å². The minimum Gasteiger partial charge on any atom is -0.356 e. The Balaban J connectivity index is 1.27. The Hall–Kier alpha value is -3.00. The van der Waals surface area contributed by atoms with E-state index >= 15 is 0 Å². The number of carbonyl (C=O) groups is 1. The second kappa shape index (κ2) is 11.9. The summed E-state index contributed by atoms with van der Waals surface area (Å²) in [6.07, 6.45) is 6.69. The summed E-state index contributed by atoms with van der Waals surface area (Å²) < 4.78 is 5.29. The average Bonchev–Trinajstić information content (AvgIpc) is 3.26. The van der Waals surface area contributed by atoms with Crippen LogP contribution >= 0.6 is 0 Å². The summed E-state index contributed by atoms with van der Waals surface area (Å²) in [5.74, 6) is 0.911. The summed E-state index contributed by atoms with van der Waals surface area (Å²) in [4.78, 5) is 26.3. The van der Waals surface area contributed by atoms with Gasteiger partial charge in [0.25, 0.3) is 5.71 Å². The van der Waals surface area contributed by atoms with E-state index in [0.29, 0.717) is 18.8 Å². The van der Waals surface area contributed by atoms with Gasteiger partial charge in [0.1, 0.15) is 17.5 Å². The van der Waals surface area contributed by atoms with Crippen molar-refractivity contribution >= 4 is 22.8 Å². The summed E-state index contributed by atoms with van der Waals surface area (Å²) >= 11 is 0. The van der Waals surface area contributed by atoms with E-state index in [1.165, 1.54) is 24.7 Å². The van der Waals surface area contributed by atoms with Gasteiger partial charge in [-0.2, -0.15) is 4.98 Å². The molecule has 3 aromatic rings. The zero-order valence-corrected chi connectivity index (χ0v) is 20.4. The second-order valence-electron chi connectivity index (χ2n) is 9.19. The molecule has 0 aliphatic carbocycles. The predicted molar refractivity (Wildman–Crippen MR) is 134 cm³/mol. The molecule has 1 saturated heterocycles. The molecule has 8 heteroatoms. The molecule has 0 spiro atoms. The molecule has 1 aliphatic heterocycles. The Morgan fingerprint density at radius 3 is 2.85 bits per heavy atom. The molecule has 182 valence electrons. The maximum absolute atomic E-state index is 12.9. The predicted octanol–water partition coefficient (Wildman–Crippen LogP) is 3.95. The minimum atomic E-state index is -0.0422. The average molecular weight is 465 g/mol. The molecule has 0 radical (unpaired) electrons. The Morgan fingerprint density at radius 1 is 1.21 bits per heavy atom. The van der Waals surface area contributed by atoms with Gasteiger partial charge in [-0.05, 0) is 44.7 Å². The number of amides is 1. The molecule has 0 saturated carbocycles. The van der Waals surface area contributed by atoms with Crippen molar-refractivity contribution in [1.29, 1.82) is 0 Å². The van der Waals surface area contributed by atoms with Gasteiger partial charge in [0.2, 0.25) is 5.91 Å². The molecule has 2 aromatic heterocycles. The van der Waals surface area contributed by atoms with Crippen molar-refractivity contribution in [2.24, 2.45) is 5.92 Å². The molecule has 1 aliphatic rings. The number of fused-ring (bicyclic) bond motifs is 1. The Kier molecular flexibility index (Phi) is 8.46. The third kappa shape index (κ3) is 6.11. The topological polar surface area (TPSA) is 87.4 Å². The Morgan fingerprint density at radius 2 is 2.03 bits per heavy atom. The highest BCUT2D eigenvalue weighted by atomic mass is 16.5. The first-order valence-electron chi connectivity index (χ1n) is 12.5. The van der Waals surface area contributed by atoms with Crippen molar-refractivity contribution in [2.45, 2.75) is 52.5 Å². The third-order valence-corrected chi connectivity index (χ3v) is 6.54. The maximum atomic E-state index is 12.9. The highest BCUT2D eigenvalue weighted by Crippen LogP contribution is 2.29. The molecule has 1 amide bonds. The molecule has 1 N–H and O–H groups in total. The summed E-state index contributed by atoms with van der Waals surface area (Å²) in [6.45, 7) is 9.38. The number of anilines is 1. The van der Waals surface area contributed by atoms with Gasteiger partial charge < -0.3 is 14.7 Å². The number of hydrogen-bond donors (Lipinski definition) is 1. The molecule has 34 heavy (non-hydrogen) atoms. The molecular formula is C26H36N6O2. The lowest BCUT2D eigenvalue weighted by Gasteiger charge is -2.33. The van der Waals surface area contributed by atoms with Crippen LogP contribution < -0.4 is 10.2 Å². The monoisotopic (exact) mass is 464 g/mol. The van der Waals surface area contributed by atoms with Crippen LogP contribution in [-0.4, -0.2) is 58.7 Å². The zero-order valence-electron chi connectivity index (χ0n) is 20.4. The first-order valence-corrected chi connectivity index (χ1v) is 12.5. The Bertz CT molecular complexity index is 1050. The smallest absolute Gasteiger partial charge is 0.263 e. The van der Waals surface area contributed by atoms with Crippen molar-refractivity contribution in [3.63, 3.8) is 0 Å². The number of benzene rings is 1. The summed E-state index contributed by atoms with van der Waals surface area (Å²) in [5, 5.41) is 8.06. The molecule has 1 fully saturated rings. The van der Waals surface area contributed by atoms with Crippen LogP contribution in [0.2, 0.25) is 0 Å². The molecule has 0 unspecified atom stereocenters. The molecule has 4 rings (SSSR count). The van der Waals surface area contributed by atoms with Crippen LogP contribution in [0.5, 0.6) is 0 Å². The lowest BCUT2D eigenvalue weighted by Crippen LogP contribution is -2.44. The highest BCUT2D eigenvalue weighted by Gasteiger charge is 2.28. The summed E-state index contributed by atoms with van der Waals surface area (Å²) in [6, 6.07) is 10.6. The molecular weight excluding hydrogens is 428 g/mol. The van der Waals surface area contributed by atoms with Gasteiger partial charge >= 0.3 is 0 Å². The summed E-state index contributed by atoms with van der Waals surface area (Å²) in [7, 11) is 0. The van der Waals surface area contributed by atoms with E-state index in [4.69, 9.17) is 4.52 Å². The Labute approximate surface area is 201 Å². The lowest BCUT2D eigenvalue weighted by molar-refractivity contribution is -0.125. The van der Waals surface area contributed by atoms with E-state index < -0.39 is 0 Å². The van der Waals surface area contributed by atoms with Crippen LogP contribution in [0.4, 0.5) is 5.82 Å².